The van der Waals surface area contributed by atoms with E-state index in [1.54, 1.807) is 0 Å². The summed E-state index contributed by atoms with van der Waals surface area (Å²) in [7, 11) is -4.61. The van der Waals surface area contributed by atoms with Gasteiger partial charge in [0, 0.05) is 0 Å². The number of rotatable bonds is 0. The Balaban J connectivity index is 0. The third-order valence-corrected chi connectivity index (χ3v) is 0. The second-order valence-corrected chi connectivity index (χ2v) is 1.80. The van der Waals surface area contributed by atoms with Crippen molar-refractivity contribution in [3.05, 3.63) is 0 Å². The number of hydrogen-bond donors (Lipinski definition) is 4. The topological polar surface area (TPSA) is 80.9 Å². The molecule has 0 spiro atoms. The third kappa shape index (κ3) is 30800. The molecular weight excluding hydrogens is 116 g/mol. The average Bonchev–Trinajstić information content (AvgIpc) is 1.36. The first kappa shape index (κ1) is 10.1. The van der Waals surface area contributed by atoms with Gasteiger partial charge in [-0.05, 0) is 0 Å². The zero-order chi connectivity index (χ0) is 6.50. The lowest BCUT2D eigenvalue weighted by Gasteiger charge is -1.91. The molecular formula is C2H10O4Si. The van der Waals surface area contributed by atoms with E-state index in [9.17, 15) is 0 Å². The minimum Gasteiger partial charge on any atom is -0.368 e. The SMILES string of the molecule is CC.O[Si](O)(O)O. The van der Waals surface area contributed by atoms with Crippen molar-refractivity contribution in [2.75, 3.05) is 0 Å². The summed E-state index contributed by atoms with van der Waals surface area (Å²) >= 11 is 0. The van der Waals surface area contributed by atoms with Crippen LogP contribution in [-0.4, -0.2) is 28.2 Å². The van der Waals surface area contributed by atoms with Crippen LogP contribution in [0.15, 0.2) is 0 Å². The highest BCUT2D eigenvalue weighted by Gasteiger charge is 2.22. The van der Waals surface area contributed by atoms with Gasteiger partial charge in [0.05, 0.1) is 0 Å². The molecule has 7 heavy (non-hydrogen) atoms. The van der Waals surface area contributed by atoms with E-state index in [0.717, 1.165) is 0 Å². The standard InChI is InChI=1S/C2H6.H4O4Si/c1-2;1-5(2,3)4/h1-2H3;1-4H. The van der Waals surface area contributed by atoms with Gasteiger partial charge in [-0.2, -0.15) is 0 Å². The molecule has 0 aromatic heterocycles. The second kappa shape index (κ2) is 4.22. The van der Waals surface area contributed by atoms with E-state index in [1.807, 2.05) is 13.8 Å². The molecule has 0 radical (unpaired) electrons. The van der Waals surface area contributed by atoms with Crippen molar-refractivity contribution in [3.63, 3.8) is 0 Å². The molecule has 0 saturated heterocycles. The van der Waals surface area contributed by atoms with Crippen molar-refractivity contribution in [3.8, 4) is 0 Å². The molecule has 0 aromatic carbocycles. The minimum atomic E-state index is -4.61. The molecule has 46 valence electrons. The van der Waals surface area contributed by atoms with Crippen molar-refractivity contribution in [1.82, 2.24) is 0 Å². The quantitative estimate of drug-likeness (QED) is 0.295. The normalized spacial score (nSPS) is 9.43. The van der Waals surface area contributed by atoms with Gasteiger partial charge >= 0.3 is 9.05 Å². The lowest BCUT2D eigenvalue weighted by Crippen LogP contribution is -2.33. The van der Waals surface area contributed by atoms with E-state index < -0.39 is 9.05 Å². The van der Waals surface area contributed by atoms with Crippen LogP contribution in [-0.2, 0) is 0 Å². The minimum absolute atomic E-state index is 2.00. The lowest BCUT2D eigenvalue weighted by molar-refractivity contribution is 0.117. The molecule has 0 heterocycles. The Hall–Kier alpha value is 0.0569. The molecule has 0 atom stereocenters. The summed E-state index contributed by atoms with van der Waals surface area (Å²) in [6.07, 6.45) is 0. The first-order valence-electron chi connectivity index (χ1n) is 1.89. The Morgan fingerprint density at radius 2 is 0.857 bits per heavy atom. The predicted octanol–water partition coefficient (Wildman–Crippen LogP) is -1.58. The van der Waals surface area contributed by atoms with Gasteiger partial charge in [-0.15, -0.1) is 0 Å². The van der Waals surface area contributed by atoms with Crippen LogP contribution < -0.4 is 0 Å². The monoisotopic (exact) mass is 126 g/mol. The Kier molecular flexibility index (Phi) is 6.11. The van der Waals surface area contributed by atoms with Crippen LogP contribution in [0, 0.1) is 0 Å². The highest BCUT2D eigenvalue weighted by atomic mass is 28.4. The van der Waals surface area contributed by atoms with Crippen LogP contribution >= 0.6 is 0 Å². The summed E-state index contributed by atoms with van der Waals surface area (Å²) in [5, 5.41) is 0. The smallest absolute Gasteiger partial charge is 0.368 e. The zero-order valence-corrected chi connectivity index (χ0v) is 5.29. The Morgan fingerprint density at radius 3 is 0.857 bits per heavy atom. The molecule has 4 nitrogen and oxygen atoms in total. The molecule has 0 saturated carbocycles. The van der Waals surface area contributed by atoms with Crippen molar-refractivity contribution in [1.29, 1.82) is 0 Å². The Morgan fingerprint density at radius 1 is 0.857 bits per heavy atom. The predicted molar refractivity (Wildman–Crippen MR) is 26.0 cm³/mol. The fourth-order valence-electron chi connectivity index (χ4n) is 0. The van der Waals surface area contributed by atoms with Crippen LogP contribution in [0.1, 0.15) is 13.8 Å². The summed E-state index contributed by atoms with van der Waals surface area (Å²) in [5.41, 5.74) is 0. The maximum Gasteiger partial charge on any atom is 0.668 e. The molecule has 0 aliphatic heterocycles. The molecule has 0 unspecified atom stereocenters. The molecule has 0 amide bonds. The Labute approximate surface area is 43.2 Å². The first-order valence-corrected chi connectivity index (χ1v) is 3.68. The molecule has 0 aliphatic carbocycles. The highest BCUT2D eigenvalue weighted by molar-refractivity contribution is 6.46. The van der Waals surface area contributed by atoms with E-state index in [1.165, 1.54) is 0 Å². The van der Waals surface area contributed by atoms with Crippen LogP contribution in [0.4, 0.5) is 0 Å². The summed E-state index contributed by atoms with van der Waals surface area (Å²) < 4.78 is 0. The number of hydrogen-bond acceptors (Lipinski definition) is 4. The lowest BCUT2D eigenvalue weighted by atomic mass is 11.0. The van der Waals surface area contributed by atoms with Crippen LogP contribution in [0.3, 0.4) is 0 Å². The van der Waals surface area contributed by atoms with Gasteiger partial charge in [-0.3, -0.25) is 0 Å². The molecule has 5 heteroatoms. The van der Waals surface area contributed by atoms with E-state index in [0.29, 0.717) is 0 Å². The summed E-state index contributed by atoms with van der Waals surface area (Å²) in [5.74, 6) is 0. The van der Waals surface area contributed by atoms with E-state index in [4.69, 9.17) is 19.2 Å². The van der Waals surface area contributed by atoms with Crippen molar-refractivity contribution >= 4 is 9.05 Å². The molecule has 0 bridgehead atoms. The fraction of sp³-hybridized carbons (Fsp3) is 1.00. The molecule has 0 fully saturated rings. The molecule has 0 rings (SSSR count). The largest absolute Gasteiger partial charge is 0.668 e. The van der Waals surface area contributed by atoms with Crippen LogP contribution in [0.25, 0.3) is 0 Å². The van der Waals surface area contributed by atoms with Crippen LogP contribution in [0.2, 0.25) is 0 Å². The zero-order valence-electron chi connectivity index (χ0n) is 4.29. The first-order chi connectivity index (χ1) is 3.00. The van der Waals surface area contributed by atoms with Crippen molar-refractivity contribution < 1.29 is 19.2 Å². The Bertz CT molecular complexity index is 25.2. The van der Waals surface area contributed by atoms with E-state index in [-0.39, 0.29) is 0 Å². The van der Waals surface area contributed by atoms with Gasteiger partial charge in [0.1, 0.15) is 0 Å². The van der Waals surface area contributed by atoms with E-state index in [2.05, 4.69) is 0 Å². The van der Waals surface area contributed by atoms with Crippen LogP contribution in [0.5, 0.6) is 0 Å². The summed E-state index contributed by atoms with van der Waals surface area (Å²) in [6.45, 7) is 4.00. The highest BCUT2D eigenvalue weighted by Crippen LogP contribution is 1.67. The van der Waals surface area contributed by atoms with Gasteiger partial charge in [0.25, 0.3) is 0 Å². The van der Waals surface area contributed by atoms with Gasteiger partial charge in [0.15, 0.2) is 0 Å². The van der Waals surface area contributed by atoms with E-state index >= 15 is 0 Å². The fourth-order valence-corrected chi connectivity index (χ4v) is 0. The van der Waals surface area contributed by atoms with Crippen molar-refractivity contribution in [2.45, 2.75) is 13.8 Å². The molecule has 0 aliphatic rings. The maximum absolute atomic E-state index is 7.33. The molecule has 0 aromatic rings. The van der Waals surface area contributed by atoms with Gasteiger partial charge in [-0.25, -0.2) is 0 Å². The average molecular weight is 126 g/mol. The summed E-state index contributed by atoms with van der Waals surface area (Å²) in [6, 6.07) is 0. The maximum atomic E-state index is 7.33. The second-order valence-electron chi connectivity index (χ2n) is 0.600. The van der Waals surface area contributed by atoms with Gasteiger partial charge in [-0.1, -0.05) is 13.8 Å². The van der Waals surface area contributed by atoms with Crippen molar-refractivity contribution in [2.24, 2.45) is 0 Å². The third-order valence-electron chi connectivity index (χ3n) is 0. The molecule has 4 N–H and O–H groups in total. The summed E-state index contributed by atoms with van der Waals surface area (Å²) in [4.78, 5) is 29.3. The van der Waals surface area contributed by atoms with Gasteiger partial charge in [0.2, 0.25) is 0 Å². The van der Waals surface area contributed by atoms with Gasteiger partial charge < -0.3 is 19.2 Å².